The van der Waals surface area contributed by atoms with Gasteiger partial charge in [0.25, 0.3) is 5.91 Å². The van der Waals surface area contributed by atoms with E-state index in [2.05, 4.69) is 42.3 Å². The van der Waals surface area contributed by atoms with Crippen molar-refractivity contribution in [2.24, 2.45) is 0 Å². The van der Waals surface area contributed by atoms with Gasteiger partial charge >= 0.3 is 0 Å². The largest absolute Gasteiger partial charge is 0.342 e. The zero-order valence-corrected chi connectivity index (χ0v) is 17.2. The number of para-hydroxylation sites is 2. The molecule has 0 unspecified atom stereocenters. The molecule has 142 valence electrons. The van der Waals surface area contributed by atoms with Crippen LogP contribution in [0.4, 0.5) is 0 Å². The van der Waals surface area contributed by atoms with Crippen LogP contribution in [0.3, 0.4) is 0 Å². The summed E-state index contributed by atoms with van der Waals surface area (Å²) in [6.45, 7) is 6.51. The van der Waals surface area contributed by atoms with E-state index >= 15 is 0 Å². The van der Waals surface area contributed by atoms with E-state index in [1.165, 1.54) is 5.56 Å². The number of rotatable bonds is 6. The van der Waals surface area contributed by atoms with Crippen LogP contribution in [-0.2, 0) is 5.41 Å². The summed E-state index contributed by atoms with van der Waals surface area (Å²) in [5, 5.41) is 3.16. The Bertz CT molecular complexity index is 876. The van der Waals surface area contributed by atoms with Crippen molar-refractivity contribution in [1.29, 1.82) is 0 Å². The maximum Gasteiger partial charge on any atom is 0.251 e. The maximum absolute atomic E-state index is 12.8. The fourth-order valence-electron chi connectivity index (χ4n) is 3.01. The minimum Gasteiger partial charge on any atom is -0.342 e. The summed E-state index contributed by atoms with van der Waals surface area (Å²) in [7, 11) is 0. The minimum absolute atomic E-state index is 0.0676. The molecule has 3 rings (SSSR count). The Morgan fingerprint density at radius 2 is 1.85 bits per heavy atom. The van der Waals surface area contributed by atoms with Gasteiger partial charge in [-0.3, -0.25) is 4.79 Å². The molecule has 5 heteroatoms. The second-order valence-corrected chi connectivity index (χ2v) is 8.76. The van der Waals surface area contributed by atoms with Crippen LogP contribution >= 0.6 is 11.8 Å². The summed E-state index contributed by atoms with van der Waals surface area (Å²) in [5.41, 5.74) is 3.88. The van der Waals surface area contributed by atoms with E-state index in [9.17, 15) is 4.79 Å². The van der Waals surface area contributed by atoms with Crippen molar-refractivity contribution >= 4 is 28.7 Å². The molecule has 2 N–H and O–H groups in total. The Morgan fingerprint density at radius 3 is 2.48 bits per heavy atom. The number of amides is 1. The highest BCUT2D eigenvalue weighted by atomic mass is 32.2. The Labute approximate surface area is 165 Å². The van der Waals surface area contributed by atoms with Gasteiger partial charge < -0.3 is 10.3 Å². The third-order valence-corrected chi connectivity index (χ3v) is 5.31. The quantitative estimate of drug-likeness (QED) is 0.626. The predicted octanol–water partition coefficient (Wildman–Crippen LogP) is 5.08. The van der Waals surface area contributed by atoms with Crippen LogP contribution in [0, 0.1) is 0 Å². The molecule has 3 aromatic rings. The summed E-state index contributed by atoms with van der Waals surface area (Å²) in [6, 6.07) is 15.7. The van der Waals surface area contributed by atoms with Crippen LogP contribution < -0.4 is 5.32 Å². The van der Waals surface area contributed by atoms with E-state index in [0.29, 0.717) is 5.56 Å². The number of carbonyl (C=O) groups is 1. The van der Waals surface area contributed by atoms with Crippen molar-refractivity contribution in [3.63, 3.8) is 0 Å². The molecule has 0 radical (unpaired) electrons. The molecule has 1 aromatic heterocycles. The molecular weight excluding hydrogens is 354 g/mol. The first kappa shape index (κ1) is 19.5. The first-order valence-corrected chi connectivity index (χ1v) is 10.6. The van der Waals surface area contributed by atoms with Gasteiger partial charge in [-0.15, -0.1) is 0 Å². The van der Waals surface area contributed by atoms with Gasteiger partial charge in [-0.05, 0) is 53.7 Å². The number of hydrogen-bond donors (Lipinski definition) is 2. The Hall–Kier alpha value is -2.27. The number of aromatic amines is 1. The zero-order chi connectivity index (χ0) is 19.4. The number of hydrogen-bond acceptors (Lipinski definition) is 3. The molecule has 0 aliphatic carbocycles. The topological polar surface area (TPSA) is 57.8 Å². The minimum atomic E-state index is -0.139. The SMILES string of the molecule is CSCC[C@H](NC(=O)c1ccc(C(C)(C)C)cc1)c1nc2ccccc2[nH]1. The Balaban J connectivity index is 1.80. The Kier molecular flexibility index (Phi) is 5.90. The molecule has 0 aliphatic rings. The first-order valence-electron chi connectivity index (χ1n) is 9.23. The lowest BCUT2D eigenvalue weighted by molar-refractivity contribution is 0.0934. The lowest BCUT2D eigenvalue weighted by Crippen LogP contribution is -2.29. The molecule has 2 aromatic carbocycles. The standard InChI is InChI=1S/C22H27N3OS/c1-22(2,3)16-11-9-15(10-12-16)21(26)25-19(13-14-27-4)20-23-17-7-5-6-8-18(17)24-20/h5-12,19H,13-14H2,1-4H3,(H,23,24)(H,25,26)/t19-/m0/s1. The molecule has 1 atom stereocenters. The number of fused-ring (bicyclic) bond motifs is 1. The van der Waals surface area contributed by atoms with Crippen LogP contribution in [-0.4, -0.2) is 27.9 Å². The van der Waals surface area contributed by atoms with Crippen molar-refractivity contribution in [3.8, 4) is 0 Å². The van der Waals surface area contributed by atoms with E-state index in [4.69, 9.17) is 0 Å². The van der Waals surface area contributed by atoms with Gasteiger partial charge in [0.05, 0.1) is 17.1 Å². The number of nitrogens with zero attached hydrogens (tertiary/aromatic N) is 1. The number of benzene rings is 2. The fraction of sp³-hybridized carbons (Fsp3) is 0.364. The van der Waals surface area contributed by atoms with Crippen molar-refractivity contribution in [2.75, 3.05) is 12.0 Å². The molecule has 0 saturated carbocycles. The summed E-state index contributed by atoms with van der Waals surface area (Å²) in [4.78, 5) is 20.8. The van der Waals surface area contributed by atoms with Gasteiger partial charge in [-0.25, -0.2) is 4.98 Å². The van der Waals surface area contributed by atoms with Crippen molar-refractivity contribution in [3.05, 3.63) is 65.5 Å². The van der Waals surface area contributed by atoms with Gasteiger partial charge in [0.15, 0.2) is 0 Å². The number of thioether (sulfide) groups is 1. The van der Waals surface area contributed by atoms with E-state index < -0.39 is 0 Å². The highest BCUT2D eigenvalue weighted by molar-refractivity contribution is 7.98. The zero-order valence-electron chi connectivity index (χ0n) is 16.4. The summed E-state index contributed by atoms with van der Waals surface area (Å²) in [5.74, 6) is 1.69. The molecule has 0 saturated heterocycles. The highest BCUT2D eigenvalue weighted by Gasteiger charge is 2.20. The van der Waals surface area contributed by atoms with Gasteiger partial charge in [0, 0.05) is 5.56 Å². The smallest absolute Gasteiger partial charge is 0.251 e. The molecular formula is C22H27N3OS. The number of carbonyl (C=O) groups excluding carboxylic acids is 1. The normalized spacial score (nSPS) is 12.9. The Morgan fingerprint density at radius 1 is 1.15 bits per heavy atom. The van der Waals surface area contributed by atoms with Crippen molar-refractivity contribution in [1.82, 2.24) is 15.3 Å². The van der Waals surface area contributed by atoms with Crippen LogP contribution in [0.1, 0.15) is 55.0 Å². The molecule has 1 heterocycles. The summed E-state index contributed by atoms with van der Waals surface area (Å²) < 4.78 is 0. The second-order valence-electron chi connectivity index (χ2n) is 7.77. The maximum atomic E-state index is 12.8. The third-order valence-electron chi connectivity index (χ3n) is 4.67. The molecule has 0 spiro atoms. The van der Waals surface area contributed by atoms with E-state index in [1.54, 1.807) is 11.8 Å². The van der Waals surface area contributed by atoms with Gasteiger partial charge in [0.1, 0.15) is 5.82 Å². The first-order chi connectivity index (χ1) is 12.9. The molecule has 0 aliphatic heterocycles. The monoisotopic (exact) mass is 381 g/mol. The van der Waals surface area contributed by atoms with Gasteiger partial charge in [-0.1, -0.05) is 45.0 Å². The third kappa shape index (κ3) is 4.72. The van der Waals surface area contributed by atoms with Gasteiger partial charge in [-0.2, -0.15) is 11.8 Å². The average molecular weight is 382 g/mol. The van der Waals surface area contributed by atoms with Crippen molar-refractivity contribution < 1.29 is 4.79 Å². The molecule has 0 fully saturated rings. The lowest BCUT2D eigenvalue weighted by atomic mass is 9.86. The van der Waals surface area contributed by atoms with Gasteiger partial charge in [0.2, 0.25) is 0 Å². The van der Waals surface area contributed by atoms with Crippen LogP contribution in [0.25, 0.3) is 11.0 Å². The molecule has 0 bridgehead atoms. The number of H-pyrrole nitrogens is 1. The molecule has 4 nitrogen and oxygen atoms in total. The van der Waals surface area contributed by atoms with Crippen molar-refractivity contribution in [2.45, 2.75) is 38.6 Å². The predicted molar refractivity (Wildman–Crippen MR) is 114 cm³/mol. The van der Waals surface area contributed by atoms with E-state index in [1.807, 2.05) is 48.5 Å². The van der Waals surface area contributed by atoms with Crippen LogP contribution in [0.15, 0.2) is 48.5 Å². The highest BCUT2D eigenvalue weighted by Crippen LogP contribution is 2.23. The van der Waals surface area contributed by atoms with E-state index in [-0.39, 0.29) is 17.4 Å². The molecule has 1 amide bonds. The number of imidazole rings is 1. The number of aromatic nitrogens is 2. The van der Waals surface area contributed by atoms with E-state index in [0.717, 1.165) is 29.0 Å². The molecule has 27 heavy (non-hydrogen) atoms. The average Bonchev–Trinajstić information content (AvgIpc) is 3.08. The summed E-state index contributed by atoms with van der Waals surface area (Å²) >= 11 is 1.77. The second kappa shape index (κ2) is 8.17. The van der Waals surface area contributed by atoms with Crippen LogP contribution in [0.2, 0.25) is 0 Å². The lowest BCUT2D eigenvalue weighted by Gasteiger charge is -2.20. The fourth-order valence-corrected chi connectivity index (χ4v) is 3.49. The summed E-state index contributed by atoms with van der Waals surface area (Å²) in [6.07, 6.45) is 2.90. The van der Waals surface area contributed by atoms with Crippen LogP contribution in [0.5, 0.6) is 0 Å². The number of nitrogens with one attached hydrogen (secondary N) is 2.